The summed E-state index contributed by atoms with van der Waals surface area (Å²) in [5.74, 6) is 1.64. The Balaban J connectivity index is 1.77. The van der Waals surface area contributed by atoms with E-state index >= 15 is 0 Å². The average Bonchev–Trinajstić information content (AvgIpc) is 2.88. The van der Waals surface area contributed by atoms with Crippen LogP contribution in [0.25, 0.3) is 0 Å². The molecule has 0 bridgehead atoms. The summed E-state index contributed by atoms with van der Waals surface area (Å²) in [6.07, 6.45) is 0.467. The molecule has 0 fully saturated rings. The number of amides is 2. The van der Waals surface area contributed by atoms with E-state index in [9.17, 15) is 9.59 Å². The molecule has 6 heteroatoms. The van der Waals surface area contributed by atoms with Gasteiger partial charge in [-0.1, -0.05) is 72.8 Å². The molecule has 178 valence electrons. The first kappa shape index (κ1) is 25.4. The molecule has 1 unspecified atom stereocenters. The van der Waals surface area contributed by atoms with Gasteiger partial charge >= 0.3 is 0 Å². The SMILES string of the molecule is CCNC(=O)C(Cc1ccccc1)N(Cc1ccccc1)C(=O)CSCc1ccc(OC)cc1. The second-order valence-corrected chi connectivity index (χ2v) is 8.93. The molecular weight excluding hydrogens is 444 g/mol. The van der Waals surface area contributed by atoms with Gasteiger partial charge in [0.2, 0.25) is 11.8 Å². The number of ether oxygens (including phenoxy) is 1. The van der Waals surface area contributed by atoms with Gasteiger partial charge in [0.25, 0.3) is 0 Å². The Morgan fingerprint density at radius 1 is 0.882 bits per heavy atom. The van der Waals surface area contributed by atoms with Crippen molar-refractivity contribution >= 4 is 23.6 Å². The first-order valence-electron chi connectivity index (χ1n) is 11.5. The number of hydrogen-bond donors (Lipinski definition) is 1. The van der Waals surface area contributed by atoms with Crippen molar-refractivity contribution in [3.05, 3.63) is 102 Å². The van der Waals surface area contributed by atoms with E-state index in [2.05, 4.69) is 5.32 Å². The van der Waals surface area contributed by atoms with Crippen LogP contribution < -0.4 is 10.1 Å². The summed E-state index contributed by atoms with van der Waals surface area (Å²) >= 11 is 1.55. The zero-order valence-corrected chi connectivity index (χ0v) is 20.6. The number of carbonyl (C=O) groups excluding carboxylic acids is 2. The van der Waals surface area contributed by atoms with E-state index in [1.807, 2.05) is 91.9 Å². The molecule has 34 heavy (non-hydrogen) atoms. The van der Waals surface area contributed by atoms with Crippen LogP contribution in [-0.4, -0.2) is 42.2 Å². The quantitative estimate of drug-likeness (QED) is 0.412. The molecule has 0 aliphatic rings. The van der Waals surface area contributed by atoms with Gasteiger partial charge in [-0.2, -0.15) is 0 Å². The van der Waals surface area contributed by atoms with Crippen LogP contribution >= 0.6 is 11.8 Å². The fourth-order valence-corrected chi connectivity index (χ4v) is 4.56. The highest BCUT2D eigenvalue weighted by Gasteiger charge is 2.29. The summed E-state index contributed by atoms with van der Waals surface area (Å²) in [5.41, 5.74) is 3.15. The van der Waals surface area contributed by atoms with E-state index in [-0.39, 0.29) is 11.8 Å². The van der Waals surface area contributed by atoms with Crippen LogP contribution in [0.5, 0.6) is 5.75 Å². The third-order valence-corrected chi connectivity index (χ3v) is 6.46. The van der Waals surface area contributed by atoms with E-state index in [1.165, 1.54) is 0 Å². The van der Waals surface area contributed by atoms with Crippen LogP contribution in [0.15, 0.2) is 84.9 Å². The molecule has 0 saturated heterocycles. The van der Waals surface area contributed by atoms with Crippen LogP contribution in [0.4, 0.5) is 0 Å². The van der Waals surface area contributed by atoms with Gasteiger partial charge in [-0.05, 0) is 35.7 Å². The summed E-state index contributed by atoms with van der Waals surface area (Å²) in [7, 11) is 1.64. The number of benzene rings is 3. The molecule has 5 nitrogen and oxygen atoms in total. The van der Waals surface area contributed by atoms with Gasteiger partial charge in [0, 0.05) is 25.3 Å². The van der Waals surface area contributed by atoms with Crippen LogP contribution in [0.3, 0.4) is 0 Å². The third kappa shape index (κ3) is 7.66. The summed E-state index contributed by atoms with van der Waals surface area (Å²) < 4.78 is 5.21. The predicted octanol–water partition coefficient (Wildman–Crippen LogP) is 4.70. The van der Waals surface area contributed by atoms with Crippen molar-refractivity contribution in [3.8, 4) is 5.75 Å². The minimum atomic E-state index is -0.586. The fourth-order valence-electron chi connectivity index (χ4n) is 3.69. The lowest BCUT2D eigenvalue weighted by Gasteiger charge is -2.31. The maximum absolute atomic E-state index is 13.5. The van der Waals surface area contributed by atoms with Crippen LogP contribution in [-0.2, 0) is 28.3 Å². The highest BCUT2D eigenvalue weighted by Crippen LogP contribution is 2.20. The molecule has 1 atom stereocenters. The van der Waals surface area contributed by atoms with Crippen molar-refractivity contribution in [2.45, 2.75) is 31.7 Å². The molecule has 1 N–H and O–H groups in total. The predicted molar refractivity (Wildman–Crippen MR) is 139 cm³/mol. The lowest BCUT2D eigenvalue weighted by Crippen LogP contribution is -2.51. The minimum absolute atomic E-state index is 0.0467. The number of thioether (sulfide) groups is 1. The highest BCUT2D eigenvalue weighted by atomic mass is 32.2. The highest BCUT2D eigenvalue weighted by molar-refractivity contribution is 7.99. The smallest absolute Gasteiger partial charge is 0.243 e. The van der Waals surface area contributed by atoms with Crippen molar-refractivity contribution in [1.82, 2.24) is 10.2 Å². The normalized spacial score (nSPS) is 11.5. The first-order chi connectivity index (χ1) is 16.6. The van der Waals surface area contributed by atoms with Crippen molar-refractivity contribution in [3.63, 3.8) is 0 Å². The topological polar surface area (TPSA) is 58.6 Å². The molecule has 3 aromatic rings. The molecule has 0 aliphatic carbocycles. The molecule has 3 rings (SSSR count). The zero-order valence-electron chi connectivity index (χ0n) is 19.8. The second-order valence-electron chi connectivity index (χ2n) is 7.95. The zero-order chi connectivity index (χ0) is 24.2. The second kappa shape index (κ2) is 13.5. The maximum Gasteiger partial charge on any atom is 0.243 e. The van der Waals surface area contributed by atoms with E-state index < -0.39 is 6.04 Å². The summed E-state index contributed by atoms with van der Waals surface area (Å²) in [5, 5.41) is 2.93. The standard InChI is InChI=1S/C28H32N2O3S/c1-3-29-28(32)26(18-22-10-6-4-7-11-22)30(19-23-12-8-5-9-13-23)27(31)21-34-20-24-14-16-25(33-2)17-15-24/h4-17,26H,3,18-21H2,1-2H3,(H,29,32). The van der Waals surface area contributed by atoms with Gasteiger partial charge in [0.1, 0.15) is 11.8 Å². The Bertz CT molecular complexity index is 1030. The Kier molecular flexibility index (Phi) is 10.0. The van der Waals surface area contributed by atoms with Crippen molar-refractivity contribution in [2.24, 2.45) is 0 Å². The van der Waals surface area contributed by atoms with E-state index in [0.717, 1.165) is 22.4 Å². The Hall–Kier alpha value is -3.25. The van der Waals surface area contributed by atoms with E-state index in [0.29, 0.717) is 31.0 Å². The summed E-state index contributed by atoms with van der Waals surface area (Å²) in [6.45, 7) is 2.80. The Morgan fingerprint density at radius 2 is 1.50 bits per heavy atom. The molecule has 0 heterocycles. The average molecular weight is 477 g/mol. The Labute approximate surface area is 206 Å². The molecule has 0 spiro atoms. The van der Waals surface area contributed by atoms with Crippen LogP contribution in [0.1, 0.15) is 23.6 Å². The van der Waals surface area contributed by atoms with E-state index in [4.69, 9.17) is 4.74 Å². The molecule has 0 saturated carbocycles. The third-order valence-electron chi connectivity index (χ3n) is 5.47. The van der Waals surface area contributed by atoms with Crippen LogP contribution in [0.2, 0.25) is 0 Å². The van der Waals surface area contributed by atoms with Crippen molar-refractivity contribution in [1.29, 1.82) is 0 Å². The molecular formula is C28H32N2O3S. The van der Waals surface area contributed by atoms with Gasteiger partial charge in [0.15, 0.2) is 0 Å². The number of methoxy groups -OCH3 is 1. The van der Waals surface area contributed by atoms with Crippen molar-refractivity contribution in [2.75, 3.05) is 19.4 Å². The van der Waals surface area contributed by atoms with Crippen molar-refractivity contribution < 1.29 is 14.3 Å². The monoisotopic (exact) mass is 476 g/mol. The number of carbonyl (C=O) groups is 2. The first-order valence-corrected chi connectivity index (χ1v) is 12.6. The fraction of sp³-hybridized carbons (Fsp3) is 0.286. The molecule has 0 aromatic heterocycles. The Morgan fingerprint density at radius 3 is 2.09 bits per heavy atom. The van der Waals surface area contributed by atoms with Gasteiger partial charge < -0.3 is 15.0 Å². The van der Waals surface area contributed by atoms with Gasteiger partial charge in [-0.25, -0.2) is 0 Å². The molecule has 0 radical (unpaired) electrons. The molecule has 3 aromatic carbocycles. The van der Waals surface area contributed by atoms with E-state index in [1.54, 1.807) is 23.8 Å². The number of nitrogens with zero attached hydrogens (tertiary/aromatic N) is 1. The number of rotatable bonds is 12. The largest absolute Gasteiger partial charge is 0.497 e. The number of hydrogen-bond acceptors (Lipinski definition) is 4. The number of likely N-dealkylation sites (N-methyl/N-ethyl adjacent to an activating group) is 1. The maximum atomic E-state index is 13.5. The number of nitrogens with one attached hydrogen (secondary N) is 1. The van der Waals surface area contributed by atoms with Gasteiger partial charge in [-0.15, -0.1) is 11.8 Å². The summed E-state index contributed by atoms with van der Waals surface area (Å²) in [6, 6.07) is 27.0. The summed E-state index contributed by atoms with van der Waals surface area (Å²) in [4.78, 5) is 28.3. The molecule has 2 amide bonds. The van der Waals surface area contributed by atoms with Gasteiger partial charge in [0.05, 0.1) is 12.9 Å². The lowest BCUT2D eigenvalue weighted by atomic mass is 10.0. The molecule has 0 aliphatic heterocycles. The van der Waals surface area contributed by atoms with Crippen LogP contribution in [0, 0.1) is 0 Å². The van der Waals surface area contributed by atoms with Gasteiger partial charge in [-0.3, -0.25) is 9.59 Å². The minimum Gasteiger partial charge on any atom is -0.497 e. The lowest BCUT2D eigenvalue weighted by molar-refractivity contribution is -0.139.